The van der Waals surface area contributed by atoms with Crippen LogP contribution in [-0.2, 0) is 16.0 Å². The smallest absolute Gasteiger partial charge is 0.269 e. The van der Waals surface area contributed by atoms with Gasteiger partial charge in [0, 0.05) is 33.4 Å². The van der Waals surface area contributed by atoms with Crippen molar-refractivity contribution in [1.82, 2.24) is 0 Å². The Labute approximate surface area is 194 Å². The Balaban J connectivity index is 1.48. The van der Waals surface area contributed by atoms with Gasteiger partial charge in [-0.25, -0.2) is 0 Å². The zero-order valence-corrected chi connectivity index (χ0v) is 18.7. The minimum atomic E-state index is -0.474. The Bertz CT molecular complexity index is 1130. The lowest BCUT2D eigenvalue weighted by Gasteiger charge is -2.09. The molecule has 0 aromatic heterocycles. The first kappa shape index (κ1) is 23.3. The summed E-state index contributed by atoms with van der Waals surface area (Å²) in [7, 11) is 0. The quantitative estimate of drug-likeness (QED) is 0.259. The Morgan fingerprint density at radius 1 is 0.969 bits per heavy atom. The number of nitro groups is 1. The second-order valence-electron chi connectivity index (χ2n) is 6.97. The zero-order chi connectivity index (χ0) is 23.1. The number of halogens is 1. The number of hydrogen-bond donors (Lipinski definition) is 2. The van der Waals surface area contributed by atoms with E-state index in [4.69, 9.17) is 11.6 Å². The summed E-state index contributed by atoms with van der Waals surface area (Å²) in [6.45, 7) is 1.70. The van der Waals surface area contributed by atoms with E-state index in [0.29, 0.717) is 22.0 Å². The largest absolute Gasteiger partial charge is 0.326 e. The van der Waals surface area contributed by atoms with Crippen LogP contribution in [-0.4, -0.2) is 22.5 Å². The second kappa shape index (κ2) is 10.8. The van der Waals surface area contributed by atoms with Crippen LogP contribution in [0.15, 0.2) is 71.6 Å². The molecule has 9 heteroatoms. The van der Waals surface area contributed by atoms with Crippen LogP contribution in [0.3, 0.4) is 0 Å². The molecule has 0 unspecified atom stereocenters. The van der Waals surface area contributed by atoms with E-state index in [0.717, 1.165) is 10.5 Å². The summed E-state index contributed by atoms with van der Waals surface area (Å²) >= 11 is 7.20. The summed E-state index contributed by atoms with van der Waals surface area (Å²) in [5.41, 5.74) is 2.68. The summed E-state index contributed by atoms with van der Waals surface area (Å²) in [6.07, 6.45) is 0.246. The van der Waals surface area contributed by atoms with Crippen LogP contribution in [0.5, 0.6) is 0 Å². The number of anilines is 2. The maximum absolute atomic E-state index is 12.2. The van der Waals surface area contributed by atoms with E-state index in [-0.39, 0.29) is 29.7 Å². The Morgan fingerprint density at radius 2 is 1.66 bits per heavy atom. The first-order chi connectivity index (χ1) is 15.3. The van der Waals surface area contributed by atoms with E-state index in [9.17, 15) is 19.7 Å². The minimum absolute atomic E-state index is 0.0183. The van der Waals surface area contributed by atoms with E-state index in [1.807, 2.05) is 24.3 Å². The zero-order valence-electron chi connectivity index (χ0n) is 17.1. The van der Waals surface area contributed by atoms with E-state index < -0.39 is 4.92 Å². The SMILES string of the molecule is Cc1cc([N+](=O)[O-])ccc1NC(=O)CSc1ccc(NC(=O)Cc2ccc(Cl)cc2)cc1. The first-order valence-corrected chi connectivity index (χ1v) is 11.0. The van der Waals surface area contributed by atoms with Crippen molar-refractivity contribution in [2.75, 3.05) is 16.4 Å². The van der Waals surface area contributed by atoms with Crippen molar-refractivity contribution >= 4 is 52.2 Å². The fourth-order valence-corrected chi connectivity index (χ4v) is 3.69. The number of carbonyl (C=O) groups is 2. The summed E-state index contributed by atoms with van der Waals surface area (Å²) in [5.74, 6) is -0.170. The molecule has 32 heavy (non-hydrogen) atoms. The average molecular weight is 470 g/mol. The van der Waals surface area contributed by atoms with Gasteiger partial charge >= 0.3 is 0 Å². The molecule has 3 rings (SSSR count). The van der Waals surface area contributed by atoms with Crippen molar-refractivity contribution < 1.29 is 14.5 Å². The number of nitrogens with one attached hydrogen (secondary N) is 2. The van der Waals surface area contributed by atoms with Gasteiger partial charge < -0.3 is 10.6 Å². The first-order valence-electron chi connectivity index (χ1n) is 9.62. The molecule has 0 spiro atoms. The molecule has 0 saturated heterocycles. The van der Waals surface area contributed by atoms with Gasteiger partial charge in [0.2, 0.25) is 11.8 Å². The van der Waals surface area contributed by atoms with Crippen molar-refractivity contribution in [1.29, 1.82) is 0 Å². The van der Waals surface area contributed by atoms with Gasteiger partial charge in [0.1, 0.15) is 0 Å². The molecular weight excluding hydrogens is 450 g/mol. The van der Waals surface area contributed by atoms with Crippen LogP contribution in [0.1, 0.15) is 11.1 Å². The molecule has 0 aliphatic heterocycles. The minimum Gasteiger partial charge on any atom is -0.326 e. The Morgan fingerprint density at radius 3 is 2.28 bits per heavy atom. The molecule has 3 aromatic carbocycles. The molecule has 7 nitrogen and oxygen atoms in total. The summed E-state index contributed by atoms with van der Waals surface area (Å²) < 4.78 is 0. The summed E-state index contributed by atoms with van der Waals surface area (Å²) in [6, 6.07) is 18.6. The molecule has 0 saturated carbocycles. The van der Waals surface area contributed by atoms with Gasteiger partial charge in [-0.05, 0) is 60.5 Å². The lowest BCUT2D eigenvalue weighted by atomic mass is 10.1. The predicted molar refractivity (Wildman–Crippen MR) is 127 cm³/mol. The van der Waals surface area contributed by atoms with Gasteiger partial charge in [-0.1, -0.05) is 23.7 Å². The van der Waals surface area contributed by atoms with Crippen LogP contribution >= 0.6 is 23.4 Å². The predicted octanol–water partition coefficient (Wildman–Crippen LogP) is 5.47. The van der Waals surface area contributed by atoms with Crippen LogP contribution in [0.25, 0.3) is 0 Å². The van der Waals surface area contributed by atoms with Crippen LogP contribution in [0.2, 0.25) is 5.02 Å². The van der Waals surface area contributed by atoms with E-state index in [1.165, 1.54) is 30.0 Å². The lowest BCUT2D eigenvalue weighted by molar-refractivity contribution is -0.384. The highest BCUT2D eigenvalue weighted by Gasteiger charge is 2.11. The van der Waals surface area contributed by atoms with Gasteiger partial charge in [-0.15, -0.1) is 11.8 Å². The third kappa shape index (κ3) is 6.83. The molecule has 0 aliphatic carbocycles. The number of nitro benzene ring substituents is 1. The number of aryl methyl sites for hydroxylation is 1. The normalized spacial score (nSPS) is 10.4. The van der Waals surface area contributed by atoms with E-state index in [1.54, 1.807) is 31.2 Å². The number of carbonyl (C=O) groups excluding carboxylic acids is 2. The molecule has 0 heterocycles. The fourth-order valence-electron chi connectivity index (χ4n) is 2.86. The highest BCUT2D eigenvalue weighted by Crippen LogP contribution is 2.23. The topological polar surface area (TPSA) is 101 Å². The fraction of sp³-hybridized carbons (Fsp3) is 0.130. The number of thioether (sulfide) groups is 1. The van der Waals surface area contributed by atoms with Gasteiger partial charge in [-0.3, -0.25) is 19.7 Å². The van der Waals surface area contributed by atoms with Crippen LogP contribution < -0.4 is 10.6 Å². The van der Waals surface area contributed by atoms with Gasteiger partial charge in [0.15, 0.2) is 0 Å². The van der Waals surface area contributed by atoms with Gasteiger partial charge in [-0.2, -0.15) is 0 Å². The number of amides is 2. The molecule has 0 atom stereocenters. The van der Waals surface area contributed by atoms with Crippen molar-refractivity contribution in [3.63, 3.8) is 0 Å². The molecule has 164 valence electrons. The lowest BCUT2D eigenvalue weighted by Crippen LogP contribution is -2.15. The third-order valence-electron chi connectivity index (χ3n) is 4.48. The molecule has 2 amide bonds. The average Bonchev–Trinajstić information content (AvgIpc) is 2.76. The molecule has 0 fully saturated rings. The van der Waals surface area contributed by atoms with Crippen LogP contribution in [0, 0.1) is 17.0 Å². The number of non-ortho nitro benzene ring substituents is 1. The molecule has 0 bridgehead atoms. The monoisotopic (exact) mass is 469 g/mol. The number of benzene rings is 3. The van der Waals surface area contributed by atoms with Crippen molar-refractivity contribution in [2.45, 2.75) is 18.2 Å². The number of nitrogens with zero attached hydrogens (tertiary/aromatic N) is 1. The van der Waals surface area contributed by atoms with Gasteiger partial charge in [0.05, 0.1) is 17.1 Å². The highest BCUT2D eigenvalue weighted by molar-refractivity contribution is 8.00. The Hall–Kier alpha value is -3.36. The van der Waals surface area contributed by atoms with E-state index >= 15 is 0 Å². The summed E-state index contributed by atoms with van der Waals surface area (Å²) in [4.78, 5) is 35.6. The van der Waals surface area contributed by atoms with Crippen molar-refractivity contribution in [3.8, 4) is 0 Å². The maximum Gasteiger partial charge on any atom is 0.269 e. The summed E-state index contributed by atoms with van der Waals surface area (Å²) in [5, 5.41) is 17.0. The molecule has 3 aromatic rings. The van der Waals surface area contributed by atoms with Crippen molar-refractivity contribution in [3.05, 3.63) is 93.0 Å². The molecular formula is C23H20ClN3O4S. The molecule has 0 radical (unpaired) electrons. The highest BCUT2D eigenvalue weighted by atomic mass is 35.5. The molecule has 2 N–H and O–H groups in total. The molecule has 0 aliphatic rings. The number of rotatable bonds is 8. The number of hydrogen-bond acceptors (Lipinski definition) is 5. The van der Waals surface area contributed by atoms with Crippen molar-refractivity contribution in [2.24, 2.45) is 0 Å². The van der Waals surface area contributed by atoms with E-state index in [2.05, 4.69) is 10.6 Å². The maximum atomic E-state index is 12.2. The second-order valence-corrected chi connectivity index (χ2v) is 8.45. The van der Waals surface area contributed by atoms with Gasteiger partial charge in [0.25, 0.3) is 5.69 Å². The third-order valence-corrected chi connectivity index (χ3v) is 5.74. The Kier molecular flexibility index (Phi) is 7.86. The van der Waals surface area contributed by atoms with Crippen LogP contribution in [0.4, 0.5) is 17.1 Å². The standard InChI is InChI=1S/C23H20ClN3O4S/c1-15-12-19(27(30)31)8-11-21(15)26-23(29)14-32-20-9-6-18(7-10-20)25-22(28)13-16-2-4-17(24)5-3-16/h2-12H,13-14H2,1H3,(H,25,28)(H,26,29).